The van der Waals surface area contributed by atoms with Crippen molar-refractivity contribution in [2.75, 3.05) is 0 Å². The average Bonchev–Trinajstić information content (AvgIpc) is 3.01. The number of benzene rings is 1. The molecular formula is C15H16N2S2. The van der Waals surface area contributed by atoms with Crippen molar-refractivity contribution in [1.82, 2.24) is 10.3 Å². The van der Waals surface area contributed by atoms with E-state index in [1.807, 2.05) is 18.3 Å². The van der Waals surface area contributed by atoms with E-state index in [2.05, 4.69) is 52.9 Å². The van der Waals surface area contributed by atoms with Gasteiger partial charge in [-0.05, 0) is 31.4 Å². The van der Waals surface area contributed by atoms with Crippen molar-refractivity contribution in [3.05, 3.63) is 51.3 Å². The number of aromatic nitrogens is 1. The molecule has 0 bridgehead atoms. The minimum Gasteiger partial charge on any atom is -0.304 e. The fourth-order valence-electron chi connectivity index (χ4n) is 2.06. The molecule has 3 aromatic rings. The predicted octanol–water partition coefficient (Wildman–Crippen LogP) is 4.52. The van der Waals surface area contributed by atoms with Gasteiger partial charge in [0.25, 0.3) is 0 Å². The Labute approximate surface area is 121 Å². The van der Waals surface area contributed by atoms with Gasteiger partial charge in [-0.15, -0.1) is 22.7 Å². The standard InChI is InChI=1S/C15H16N2S2/c1-10(16-8-13-9-18-11(2)17-13)15-7-12-5-3-4-6-14(12)19-15/h3-7,9-10,16H,8H2,1-2H3. The normalized spacial score (nSPS) is 12.9. The molecule has 0 aliphatic rings. The summed E-state index contributed by atoms with van der Waals surface area (Å²) < 4.78 is 1.36. The molecule has 19 heavy (non-hydrogen) atoms. The first-order valence-corrected chi connectivity index (χ1v) is 8.05. The molecule has 0 fully saturated rings. The van der Waals surface area contributed by atoms with Crippen LogP contribution >= 0.6 is 22.7 Å². The third-order valence-electron chi connectivity index (χ3n) is 3.13. The molecule has 1 N–H and O–H groups in total. The lowest BCUT2D eigenvalue weighted by molar-refractivity contribution is 0.577. The van der Waals surface area contributed by atoms with Gasteiger partial charge in [-0.1, -0.05) is 18.2 Å². The van der Waals surface area contributed by atoms with Gasteiger partial charge in [0.2, 0.25) is 0 Å². The average molecular weight is 288 g/mol. The fourth-order valence-corrected chi connectivity index (χ4v) is 3.77. The van der Waals surface area contributed by atoms with Gasteiger partial charge in [-0.2, -0.15) is 0 Å². The van der Waals surface area contributed by atoms with Crippen molar-refractivity contribution in [1.29, 1.82) is 0 Å². The summed E-state index contributed by atoms with van der Waals surface area (Å²) in [5.41, 5.74) is 1.13. The SMILES string of the molecule is Cc1nc(CNC(C)c2cc3ccccc3s2)cs1. The Balaban J connectivity index is 1.71. The van der Waals surface area contributed by atoms with Crippen molar-refractivity contribution < 1.29 is 0 Å². The molecule has 2 heterocycles. The number of hydrogen-bond acceptors (Lipinski definition) is 4. The van der Waals surface area contributed by atoms with Gasteiger partial charge in [-0.25, -0.2) is 4.98 Å². The highest BCUT2D eigenvalue weighted by Crippen LogP contribution is 2.29. The lowest BCUT2D eigenvalue weighted by Crippen LogP contribution is -2.17. The van der Waals surface area contributed by atoms with E-state index in [1.165, 1.54) is 15.0 Å². The molecular weight excluding hydrogens is 272 g/mol. The number of nitrogens with one attached hydrogen (secondary N) is 1. The monoisotopic (exact) mass is 288 g/mol. The molecule has 4 heteroatoms. The maximum absolute atomic E-state index is 4.48. The smallest absolute Gasteiger partial charge is 0.0897 e. The van der Waals surface area contributed by atoms with E-state index >= 15 is 0 Å². The number of nitrogens with zero attached hydrogens (tertiary/aromatic N) is 1. The third kappa shape index (κ3) is 2.86. The largest absolute Gasteiger partial charge is 0.304 e. The van der Waals surface area contributed by atoms with E-state index in [9.17, 15) is 0 Å². The molecule has 1 aromatic carbocycles. The highest BCUT2D eigenvalue weighted by molar-refractivity contribution is 7.19. The van der Waals surface area contributed by atoms with Crippen molar-refractivity contribution >= 4 is 32.8 Å². The summed E-state index contributed by atoms with van der Waals surface area (Å²) >= 11 is 3.57. The lowest BCUT2D eigenvalue weighted by Gasteiger charge is -2.10. The van der Waals surface area contributed by atoms with Gasteiger partial charge in [0, 0.05) is 27.5 Å². The third-order valence-corrected chi connectivity index (χ3v) is 5.25. The van der Waals surface area contributed by atoms with Crippen LogP contribution in [0.5, 0.6) is 0 Å². The summed E-state index contributed by atoms with van der Waals surface area (Å²) in [5.74, 6) is 0. The van der Waals surface area contributed by atoms with Crippen LogP contribution in [0.1, 0.15) is 28.5 Å². The maximum Gasteiger partial charge on any atom is 0.0897 e. The van der Waals surface area contributed by atoms with Crippen molar-refractivity contribution in [3.8, 4) is 0 Å². The molecule has 1 unspecified atom stereocenters. The van der Waals surface area contributed by atoms with Crippen LogP contribution in [-0.4, -0.2) is 4.98 Å². The topological polar surface area (TPSA) is 24.9 Å². The molecule has 1 atom stereocenters. The van der Waals surface area contributed by atoms with E-state index in [0.717, 1.165) is 17.2 Å². The Kier molecular flexibility index (Phi) is 3.64. The zero-order valence-electron chi connectivity index (χ0n) is 11.0. The second-order valence-electron chi connectivity index (χ2n) is 4.65. The second kappa shape index (κ2) is 5.41. The Morgan fingerprint density at radius 1 is 1.32 bits per heavy atom. The Hall–Kier alpha value is -1.23. The first-order chi connectivity index (χ1) is 9.22. The van der Waals surface area contributed by atoms with E-state index < -0.39 is 0 Å². The summed E-state index contributed by atoms with van der Waals surface area (Å²) in [7, 11) is 0. The van der Waals surface area contributed by atoms with Gasteiger partial charge in [0.05, 0.1) is 10.7 Å². The van der Waals surface area contributed by atoms with Gasteiger partial charge in [-0.3, -0.25) is 0 Å². The number of fused-ring (bicyclic) bond motifs is 1. The minimum atomic E-state index is 0.361. The molecule has 0 amide bonds. The molecule has 0 radical (unpaired) electrons. The summed E-state index contributed by atoms with van der Waals surface area (Å²) in [6, 6.07) is 11.2. The van der Waals surface area contributed by atoms with Crippen LogP contribution in [0.4, 0.5) is 0 Å². The van der Waals surface area contributed by atoms with Gasteiger partial charge < -0.3 is 5.32 Å². The second-order valence-corrected chi connectivity index (χ2v) is 6.82. The predicted molar refractivity (Wildman–Crippen MR) is 83.9 cm³/mol. The van der Waals surface area contributed by atoms with Crippen LogP contribution in [-0.2, 0) is 6.54 Å². The van der Waals surface area contributed by atoms with Crippen molar-refractivity contribution in [3.63, 3.8) is 0 Å². The fraction of sp³-hybridized carbons (Fsp3) is 0.267. The molecule has 0 saturated carbocycles. The summed E-state index contributed by atoms with van der Waals surface area (Å²) in [5, 5.41) is 8.13. The van der Waals surface area contributed by atoms with Crippen LogP contribution < -0.4 is 5.32 Å². The highest BCUT2D eigenvalue weighted by atomic mass is 32.1. The van der Waals surface area contributed by atoms with Crippen molar-refractivity contribution in [2.45, 2.75) is 26.4 Å². The quantitative estimate of drug-likeness (QED) is 0.763. The molecule has 0 aliphatic heterocycles. The number of aryl methyl sites for hydroxylation is 1. The number of hydrogen-bond donors (Lipinski definition) is 1. The molecule has 2 nitrogen and oxygen atoms in total. The zero-order chi connectivity index (χ0) is 13.2. The zero-order valence-corrected chi connectivity index (χ0v) is 12.6. The van der Waals surface area contributed by atoms with Crippen LogP contribution in [0.15, 0.2) is 35.7 Å². The summed E-state index contributed by atoms with van der Waals surface area (Å²) in [4.78, 5) is 5.86. The molecule has 98 valence electrons. The molecule has 2 aromatic heterocycles. The Morgan fingerprint density at radius 3 is 2.89 bits per heavy atom. The molecule has 0 aliphatic carbocycles. The van der Waals surface area contributed by atoms with Crippen molar-refractivity contribution in [2.24, 2.45) is 0 Å². The Bertz CT molecular complexity index is 651. The van der Waals surface area contributed by atoms with E-state index in [4.69, 9.17) is 0 Å². The maximum atomic E-state index is 4.48. The summed E-state index contributed by atoms with van der Waals surface area (Å²) in [6.45, 7) is 5.09. The van der Waals surface area contributed by atoms with Crippen LogP contribution in [0, 0.1) is 6.92 Å². The highest BCUT2D eigenvalue weighted by Gasteiger charge is 2.09. The lowest BCUT2D eigenvalue weighted by atomic mass is 10.2. The number of thiophene rings is 1. The minimum absolute atomic E-state index is 0.361. The van der Waals surface area contributed by atoms with E-state index in [-0.39, 0.29) is 0 Å². The summed E-state index contributed by atoms with van der Waals surface area (Å²) in [6.07, 6.45) is 0. The Morgan fingerprint density at radius 2 is 2.16 bits per heavy atom. The number of rotatable bonds is 4. The van der Waals surface area contributed by atoms with Crippen LogP contribution in [0.3, 0.4) is 0 Å². The molecule has 0 spiro atoms. The van der Waals surface area contributed by atoms with Gasteiger partial charge in [0.1, 0.15) is 0 Å². The number of thiazole rings is 1. The first kappa shape index (κ1) is 12.8. The van der Waals surface area contributed by atoms with E-state index in [0.29, 0.717) is 6.04 Å². The van der Waals surface area contributed by atoms with Gasteiger partial charge in [0.15, 0.2) is 0 Å². The van der Waals surface area contributed by atoms with E-state index in [1.54, 1.807) is 11.3 Å². The van der Waals surface area contributed by atoms with Crippen LogP contribution in [0.25, 0.3) is 10.1 Å². The first-order valence-electron chi connectivity index (χ1n) is 6.35. The van der Waals surface area contributed by atoms with Gasteiger partial charge >= 0.3 is 0 Å². The van der Waals surface area contributed by atoms with Crippen LogP contribution in [0.2, 0.25) is 0 Å². The molecule has 0 saturated heterocycles. The molecule has 3 rings (SSSR count).